The van der Waals surface area contributed by atoms with E-state index in [4.69, 9.17) is 16.8 Å². The number of nitrogens with one attached hydrogen (secondary N) is 4. The molecule has 13 nitrogen and oxygen atoms in total. The first kappa shape index (κ1) is 39.2. The highest BCUT2D eigenvalue weighted by atomic mass is 35.5. The van der Waals surface area contributed by atoms with Crippen molar-refractivity contribution in [2.75, 3.05) is 13.1 Å². The summed E-state index contributed by atoms with van der Waals surface area (Å²) in [5.41, 5.74) is 3.56. The largest absolute Gasteiger partial charge is 0.351 e. The number of aromatic nitrogens is 2. The first-order chi connectivity index (χ1) is 23.4. The Hall–Kier alpha value is -4.27. The average molecular weight is 717 g/mol. The molecule has 0 radical (unpaired) electrons. The molecule has 3 rings (SSSR count). The molecular weight excluding hydrogens is 672 g/mol. The second-order valence-corrected chi connectivity index (χ2v) is 14.1. The van der Waals surface area contributed by atoms with E-state index in [2.05, 4.69) is 27.8 Å². The van der Waals surface area contributed by atoms with Gasteiger partial charge in [0.25, 0.3) is 27.7 Å². The number of benzene rings is 2. The number of hydrogen-bond acceptors (Lipinski definition) is 8. The maximum Gasteiger partial charge on any atom is 0.271 e. The van der Waals surface area contributed by atoms with Crippen LogP contribution < -0.4 is 20.8 Å². The van der Waals surface area contributed by atoms with Gasteiger partial charge in [-0.1, -0.05) is 81.3 Å². The molecule has 266 valence electrons. The van der Waals surface area contributed by atoms with Gasteiger partial charge in [0.05, 0.1) is 11.4 Å². The van der Waals surface area contributed by atoms with E-state index in [1.54, 1.807) is 30.5 Å². The number of carbonyl (C=O) groups is 4. The van der Waals surface area contributed by atoms with E-state index in [0.717, 1.165) is 32.1 Å². The summed E-state index contributed by atoms with van der Waals surface area (Å²) in [6.07, 6.45) is 5.05. The van der Waals surface area contributed by atoms with E-state index in [-0.39, 0.29) is 40.5 Å². The summed E-state index contributed by atoms with van der Waals surface area (Å²) >= 11 is 6.48. The number of rotatable bonds is 19. The second-order valence-electron chi connectivity index (χ2n) is 12.1. The van der Waals surface area contributed by atoms with Gasteiger partial charge in [0, 0.05) is 19.5 Å². The zero-order chi connectivity index (χ0) is 36.0. The number of sulfonamides is 1. The van der Waals surface area contributed by atoms with E-state index in [1.807, 2.05) is 29.8 Å². The third-order valence-electron chi connectivity index (χ3n) is 7.69. The summed E-state index contributed by atoms with van der Waals surface area (Å²) in [5.74, 6) is -3.81. The van der Waals surface area contributed by atoms with Crippen molar-refractivity contribution in [3.05, 3.63) is 82.4 Å². The molecule has 0 aliphatic rings. The SMILES string of the molecule is CCCCc1nc(Cl)c(C(=O)NCCCCc2ccccc2)n1Cc1ccc(S(=O)(=O)NC(=O)CNC(=O)C(CC(C)C)C(=O)NO)cc1. The molecule has 1 aromatic heterocycles. The number of carbonyl (C=O) groups excluding carboxylic acids is 4. The van der Waals surface area contributed by atoms with Gasteiger partial charge in [0.2, 0.25) is 5.91 Å². The smallest absolute Gasteiger partial charge is 0.271 e. The van der Waals surface area contributed by atoms with Crippen LogP contribution in [-0.4, -0.2) is 59.9 Å². The quantitative estimate of drug-likeness (QED) is 0.0537. The Morgan fingerprint density at radius 2 is 1.59 bits per heavy atom. The highest BCUT2D eigenvalue weighted by Crippen LogP contribution is 2.22. The number of hydroxylamine groups is 1. The van der Waals surface area contributed by atoms with Crippen molar-refractivity contribution in [3.8, 4) is 0 Å². The maximum atomic E-state index is 13.3. The van der Waals surface area contributed by atoms with Gasteiger partial charge < -0.3 is 15.2 Å². The molecule has 5 N–H and O–H groups in total. The Labute approximate surface area is 292 Å². The first-order valence-electron chi connectivity index (χ1n) is 16.3. The van der Waals surface area contributed by atoms with Crippen molar-refractivity contribution in [1.82, 2.24) is 30.4 Å². The lowest BCUT2D eigenvalue weighted by molar-refractivity contribution is -0.142. The summed E-state index contributed by atoms with van der Waals surface area (Å²) in [6, 6.07) is 15.9. The van der Waals surface area contributed by atoms with Crippen molar-refractivity contribution >= 4 is 45.3 Å². The van der Waals surface area contributed by atoms with Gasteiger partial charge in [-0.2, -0.15) is 0 Å². The third-order valence-corrected chi connectivity index (χ3v) is 9.34. The lowest BCUT2D eigenvalue weighted by Gasteiger charge is -2.16. The molecule has 2 aromatic carbocycles. The van der Waals surface area contributed by atoms with Crippen LogP contribution in [0, 0.1) is 11.8 Å². The number of hydrogen-bond donors (Lipinski definition) is 5. The lowest BCUT2D eigenvalue weighted by atomic mass is 9.95. The Bertz CT molecular complexity index is 1680. The number of nitrogens with zero attached hydrogens (tertiary/aromatic N) is 2. The number of imidazole rings is 1. The van der Waals surface area contributed by atoms with Crippen LogP contribution >= 0.6 is 11.6 Å². The molecule has 0 bridgehead atoms. The van der Waals surface area contributed by atoms with E-state index >= 15 is 0 Å². The van der Waals surface area contributed by atoms with Gasteiger partial charge in [-0.3, -0.25) is 24.4 Å². The lowest BCUT2D eigenvalue weighted by Crippen LogP contribution is -2.45. The highest BCUT2D eigenvalue weighted by molar-refractivity contribution is 7.90. The second kappa shape index (κ2) is 19.1. The van der Waals surface area contributed by atoms with Crippen LogP contribution in [0.5, 0.6) is 0 Å². The molecule has 0 saturated carbocycles. The van der Waals surface area contributed by atoms with Crippen LogP contribution in [0.3, 0.4) is 0 Å². The molecule has 3 aromatic rings. The van der Waals surface area contributed by atoms with Crippen LogP contribution in [0.4, 0.5) is 0 Å². The van der Waals surface area contributed by atoms with Gasteiger partial charge in [0.15, 0.2) is 5.15 Å². The molecule has 0 saturated heterocycles. The minimum absolute atomic E-state index is 0.0666. The van der Waals surface area contributed by atoms with Crippen molar-refractivity contribution in [1.29, 1.82) is 0 Å². The topological polar surface area (TPSA) is 189 Å². The van der Waals surface area contributed by atoms with E-state index in [0.29, 0.717) is 24.4 Å². The number of amides is 4. The fourth-order valence-electron chi connectivity index (χ4n) is 5.14. The molecule has 1 atom stereocenters. The van der Waals surface area contributed by atoms with Crippen molar-refractivity contribution in [2.24, 2.45) is 11.8 Å². The molecule has 0 fully saturated rings. The van der Waals surface area contributed by atoms with Crippen LogP contribution in [0.15, 0.2) is 59.5 Å². The van der Waals surface area contributed by atoms with E-state index in [9.17, 15) is 27.6 Å². The Morgan fingerprint density at radius 3 is 2.22 bits per heavy atom. The van der Waals surface area contributed by atoms with E-state index in [1.165, 1.54) is 23.2 Å². The van der Waals surface area contributed by atoms with Crippen LogP contribution in [0.1, 0.15) is 80.3 Å². The Morgan fingerprint density at radius 1 is 0.898 bits per heavy atom. The Kier molecular flexibility index (Phi) is 15.2. The molecule has 15 heteroatoms. The minimum Gasteiger partial charge on any atom is -0.351 e. The summed E-state index contributed by atoms with van der Waals surface area (Å²) in [6.45, 7) is 5.56. The number of unbranched alkanes of at least 4 members (excludes halogenated alkanes) is 2. The van der Waals surface area contributed by atoms with Gasteiger partial charge in [-0.25, -0.2) is 23.6 Å². The van der Waals surface area contributed by atoms with Gasteiger partial charge in [0.1, 0.15) is 17.4 Å². The standard InChI is InChI=1S/C34H45ClN6O7S/c1-4-5-14-28-38-31(35)30(34(45)36-19-10-9-13-24-11-7-6-8-12-24)41(28)22-25-15-17-26(18-16-25)49(47,48)40-29(42)21-37-32(43)27(20-23(2)3)33(44)39-46/h6-8,11-12,15-18,23,27,46H,4-5,9-10,13-14,19-22H2,1-3H3,(H,36,45)(H,37,43)(H,39,44)(H,40,42). The monoisotopic (exact) mass is 716 g/mol. The third kappa shape index (κ3) is 12.0. The molecule has 1 heterocycles. The van der Waals surface area contributed by atoms with Gasteiger partial charge in [-0.15, -0.1) is 0 Å². The minimum atomic E-state index is -4.30. The van der Waals surface area contributed by atoms with Crippen molar-refractivity contribution in [3.63, 3.8) is 0 Å². The predicted molar refractivity (Wildman–Crippen MR) is 184 cm³/mol. The number of halogens is 1. The summed E-state index contributed by atoms with van der Waals surface area (Å²) < 4.78 is 29.5. The molecule has 1 unspecified atom stereocenters. The molecular formula is C34H45ClN6O7S. The van der Waals surface area contributed by atoms with Gasteiger partial charge in [-0.05, 0) is 61.3 Å². The van der Waals surface area contributed by atoms with Crippen molar-refractivity contribution in [2.45, 2.75) is 77.2 Å². The summed E-state index contributed by atoms with van der Waals surface area (Å²) in [5, 5.41) is 14.2. The summed E-state index contributed by atoms with van der Waals surface area (Å²) in [4.78, 5) is 54.3. The van der Waals surface area contributed by atoms with Gasteiger partial charge >= 0.3 is 0 Å². The predicted octanol–water partition coefficient (Wildman–Crippen LogP) is 3.77. The fourth-order valence-corrected chi connectivity index (χ4v) is 6.41. The maximum absolute atomic E-state index is 13.3. The van der Waals surface area contributed by atoms with Crippen LogP contribution in [0.2, 0.25) is 5.15 Å². The highest BCUT2D eigenvalue weighted by Gasteiger charge is 2.28. The van der Waals surface area contributed by atoms with Crippen LogP contribution in [-0.2, 0) is 43.8 Å². The number of aryl methyl sites for hydroxylation is 2. The Balaban J connectivity index is 1.65. The van der Waals surface area contributed by atoms with E-state index < -0.39 is 40.2 Å². The van der Waals surface area contributed by atoms with Crippen molar-refractivity contribution < 1.29 is 32.8 Å². The fraction of sp³-hybridized carbons (Fsp3) is 0.441. The first-order valence-corrected chi connectivity index (χ1v) is 18.2. The molecule has 49 heavy (non-hydrogen) atoms. The normalized spacial score (nSPS) is 12.0. The average Bonchev–Trinajstić information content (AvgIpc) is 3.38. The summed E-state index contributed by atoms with van der Waals surface area (Å²) in [7, 11) is -4.30. The van der Waals surface area contributed by atoms with Crippen LogP contribution in [0.25, 0.3) is 0 Å². The molecule has 0 aliphatic heterocycles. The zero-order valence-corrected chi connectivity index (χ0v) is 29.6. The molecule has 0 aliphatic carbocycles. The molecule has 4 amide bonds. The zero-order valence-electron chi connectivity index (χ0n) is 28.0. The molecule has 0 spiro atoms.